The van der Waals surface area contributed by atoms with Gasteiger partial charge in [-0.1, -0.05) is 95.0 Å². The molecule has 0 N–H and O–H groups in total. The summed E-state index contributed by atoms with van der Waals surface area (Å²) in [6, 6.07) is 9.78. The van der Waals surface area contributed by atoms with Gasteiger partial charge >= 0.3 is 35.5 Å². The number of hydrogen-bond donors (Lipinski definition) is 0. The van der Waals surface area contributed by atoms with E-state index in [1.165, 1.54) is 57.8 Å². The second kappa shape index (κ2) is 16.5. The second-order valence-electron chi connectivity index (χ2n) is 6.06. The van der Waals surface area contributed by atoms with Crippen LogP contribution in [-0.2, 0) is 16.0 Å². The van der Waals surface area contributed by atoms with Crippen LogP contribution in [0.4, 0.5) is 0 Å². The van der Waals surface area contributed by atoms with Crippen LogP contribution in [0.2, 0.25) is 0 Å². The first-order chi connectivity index (χ1) is 10.8. The molecular weight excluding hydrogens is 295 g/mol. The summed E-state index contributed by atoms with van der Waals surface area (Å²) in [6.07, 6.45) is 13.4. The van der Waals surface area contributed by atoms with Gasteiger partial charge in [-0.3, -0.25) is 4.79 Å². The Morgan fingerprint density at radius 1 is 0.870 bits per heavy atom. The van der Waals surface area contributed by atoms with Gasteiger partial charge < -0.3 is 6.16 Å². The quantitative estimate of drug-likeness (QED) is 0.316. The van der Waals surface area contributed by atoms with Gasteiger partial charge in [0, 0.05) is 0 Å². The number of carbonyl (C=O) groups is 1. The largest absolute Gasteiger partial charge is 1.00 e. The maximum absolute atomic E-state index is 11.7. The van der Waals surface area contributed by atoms with Gasteiger partial charge in [0.25, 0.3) is 0 Å². The van der Waals surface area contributed by atoms with E-state index in [0.29, 0.717) is 13.0 Å². The van der Waals surface area contributed by atoms with Crippen molar-refractivity contribution in [2.45, 2.75) is 77.6 Å². The van der Waals surface area contributed by atoms with Crippen LogP contribution in [0.5, 0.6) is 0 Å². The van der Waals surface area contributed by atoms with Gasteiger partial charge in [-0.05, 0) is 12.0 Å². The van der Waals surface area contributed by atoms with E-state index in [1.54, 1.807) is 0 Å². The summed E-state index contributed by atoms with van der Waals surface area (Å²) in [4.78, 5) is 11.7. The van der Waals surface area contributed by atoms with Gasteiger partial charge in [-0.25, -0.2) is 0 Å². The van der Waals surface area contributed by atoms with Crippen LogP contribution < -0.4 is 29.6 Å². The van der Waals surface area contributed by atoms with E-state index < -0.39 is 0 Å². The van der Waals surface area contributed by atoms with Gasteiger partial charge in [0.15, 0.2) is 0 Å². The molecule has 0 radical (unpaired) electrons. The predicted octanol–water partition coefficient (Wildman–Crippen LogP) is 2.81. The number of carbonyl (C=O) groups excluding carboxylic acids is 1. The molecule has 0 unspecified atom stereocenters. The molecule has 23 heavy (non-hydrogen) atoms. The molecule has 0 amide bonds. The summed E-state index contributed by atoms with van der Waals surface area (Å²) in [6.45, 7) is 2.83. The van der Waals surface area contributed by atoms with Gasteiger partial charge in [-0.2, -0.15) is 0 Å². The van der Waals surface area contributed by atoms with E-state index in [1.807, 2.05) is 30.3 Å². The van der Waals surface area contributed by atoms with Crippen LogP contribution in [0.25, 0.3) is 0 Å². The average molecular weight is 328 g/mol. The third kappa shape index (κ3) is 13.8. The van der Waals surface area contributed by atoms with Gasteiger partial charge in [-0.15, -0.1) is 0 Å². The van der Waals surface area contributed by atoms with E-state index in [9.17, 15) is 4.79 Å². The zero-order valence-electron chi connectivity index (χ0n) is 16.2. The third-order valence-corrected chi connectivity index (χ3v) is 3.95. The van der Waals surface area contributed by atoms with E-state index >= 15 is 0 Å². The van der Waals surface area contributed by atoms with Crippen LogP contribution in [0, 0.1) is 0 Å². The Morgan fingerprint density at radius 2 is 1.39 bits per heavy atom. The van der Waals surface area contributed by atoms with E-state index in [2.05, 4.69) is 6.92 Å². The minimum absolute atomic E-state index is 0. The number of rotatable bonds is 13. The van der Waals surface area contributed by atoms with Crippen molar-refractivity contribution in [3.63, 3.8) is 0 Å². The van der Waals surface area contributed by atoms with Crippen LogP contribution in [0.3, 0.4) is 0 Å². The summed E-state index contributed by atoms with van der Waals surface area (Å²) < 4.78 is 5.28. The summed E-state index contributed by atoms with van der Waals surface area (Å²) in [5.74, 6) is -0.109. The molecule has 0 spiro atoms. The molecule has 2 nitrogen and oxygen atoms in total. The topological polar surface area (TPSA) is 26.3 Å². The molecule has 0 aromatic heterocycles. The van der Waals surface area contributed by atoms with E-state index in [4.69, 9.17) is 4.74 Å². The summed E-state index contributed by atoms with van der Waals surface area (Å²) in [7, 11) is 0. The molecule has 3 heteroatoms. The summed E-state index contributed by atoms with van der Waals surface area (Å²) in [5, 5.41) is 0. The minimum Gasteiger partial charge on any atom is -1.00 e. The van der Waals surface area contributed by atoms with Crippen molar-refractivity contribution in [3.8, 4) is 0 Å². The monoisotopic (exact) mass is 328 g/mol. The molecule has 1 aromatic rings. The fraction of sp³-hybridized carbons (Fsp3) is 0.650. The van der Waals surface area contributed by atoms with Crippen molar-refractivity contribution in [1.82, 2.24) is 0 Å². The fourth-order valence-electron chi connectivity index (χ4n) is 2.59. The molecule has 0 bridgehead atoms. The Morgan fingerprint density at radius 3 is 1.96 bits per heavy atom. The first-order valence-electron chi connectivity index (χ1n) is 9.02. The normalized spacial score (nSPS) is 10.1. The van der Waals surface area contributed by atoms with E-state index in [0.717, 1.165) is 12.0 Å². The van der Waals surface area contributed by atoms with Crippen molar-refractivity contribution in [3.05, 3.63) is 35.9 Å². The van der Waals surface area contributed by atoms with Crippen molar-refractivity contribution in [2.24, 2.45) is 0 Å². The molecule has 0 saturated heterocycles. The molecule has 0 aliphatic carbocycles. The zero-order chi connectivity index (χ0) is 15.9. The summed E-state index contributed by atoms with van der Waals surface area (Å²) >= 11 is 0. The smallest absolute Gasteiger partial charge is 1.00 e. The third-order valence-electron chi connectivity index (χ3n) is 3.95. The number of esters is 1. The first kappa shape index (κ1) is 22.7. The number of benzene rings is 1. The molecule has 0 saturated carbocycles. The fourth-order valence-corrected chi connectivity index (χ4v) is 2.59. The Hall–Kier alpha value is -0.310. The SMILES string of the molecule is CCCCCCCCCCCCOC(=O)Cc1ccccc1.[H-].[Na+]. The molecule has 0 atom stereocenters. The van der Waals surface area contributed by atoms with Crippen LogP contribution in [-0.4, -0.2) is 12.6 Å². The molecule has 0 aliphatic rings. The van der Waals surface area contributed by atoms with Crippen LogP contribution in [0.1, 0.15) is 78.1 Å². The Labute approximate surface area is 166 Å². The maximum atomic E-state index is 11.7. The summed E-state index contributed by atoms with van der Waals surface area (Å²) in [5.41, 5.74) is 1.02. The predicted molar refractivity (Wildman–Crippen MR) is 94.1 cm³/mol. The van der Waals surface area contributed by atoms with Crippen molar-refractivity contribution in [1.29, 1.82) is 0 Å². The number of hydrogen-bond acceptors (Lipinski definition) is 2. The van der Waals surface area contributed by atoms with Crippen molar-refractivity contribution >= 4 is 5.97 Å². The van der Waals surface area contributed by atoms with E-state index in [-0.39, 0.29) is 37.0 Å². The molecule has 0 fully saturated rings. The first-order valence-corrected chi connectivity index (χ1v) is 9.02. The van der Waals surface area contributed by atoms with Crippen LogP contribution >= 0.6 is 0 Å². The molecule has 0 aliphatic heterocycles. The van der Waals surface area contributed by atoms with Crippen molar-refractivity contribution in [2.75, 3.05) is 6.61 Å². The standard InChI is InChI=1S/C20H32O2.Na.H/c1-2-3-4-5-6-7-8-9-10-14-17-22-20(21)18-19-15-12-11-13-16-19;;/h11-13,15-16H,2-10,14,17-18H2,1H3;;/q;+1;-1. The Balaban J connectivity index is 0. The van der Waals surface area contributed by atoms with Crippen LogP contribution in [0.15, 0.2) is 30.3 Å². The van der Waals surface area contributed by atoms with Gasteiger partial charge in [0.05, 0.1) is 13.0 Å². The Bertz CT molecular complexity index is 384. The maximum Gasteiger partial charge on any atom is 1.00 e. The zero-order valence-corrected chi connectivity index (χ0v) is 17.2. The average Bonchev–Trinajstić information content (AvgIpc) is 2.53. The van der Waals surface area contributed by atoms with Crippen molar-refractivity contribution < 1.29 is 40.5 Å². The number of unbranched alkanes of at least 4 members (excludes halogenated alkanes) is 9. The molecular formula is C20H33NaO2. The van der Waals surface area contributed by atoms with Gasteiger partial charge in [0.1, 0.15) is 0 Å². The molecule has 1 rings (SSSR count). The molecule has 0 heterocycles. The second-order valence-corrected chi connectivity index (χ2v) is 6.06. The molecule has 126 valence electrons. The molecule has 1 aromatic carbocycles. The Kier molecular flexibility index (Phi) is 16.3. The minimum atomic E-state index is -0.109. The number of ether oxygens (including phenoxy) is 1. The van der Waals surface area contributed by atoms with Gasteiger partial charge in [0.2, 0.25) is 0 Å².